The van der Waals surface area contributed by atoms with Gasteiger partial charge in [0.2, 0.25) is 0 Å². The molecule has 3 heterocycles. The van der Waals surface area contributed by atoms with E-state index in [1.54, 1.807) is 11.5 Å². The van der Waals surface area contributed by atoms with Crippen LogP contribution >= 0.6 is 11.5 Å². The van der Waals surface area contributed by atoms with E-state index in [0.717, 1.165) is 18.6 Å². The Morgan fingerprint density at radius 3 is 2.73 bits per heavy atom. The maximum absolute atomic E-state index is 6.05. The van der Waals surface area contributed by atoms with Crippen LogP contribution in [0.25, 0.3) is 0 Å². The first-order chi connectivity index (χ1) is 7.33. The van der Waals surface area contributed by atoms with Gasteiger partial charge in [-0.15, -0.1) is 0 Å². The molecular formula is C11H17N3S. The Hall–Kier alpha value is -0.450. The molecule has 3 rings (SSSR count). The molecular weight excluding hydrogens is 206 g/mol. The Labute approximate surface area is 94.4 Å². The fourth-order valence-corrected chi connectivity index (χ4v) is 3.61. The molecule has 82 valence electrons. The van der Waals surface area contributed by atoms with Crippen LogP contribution in [0.15, 0.2) is 11.4 Å². The Balaban J connectivity index is 1.72. The highest BCUT2D eigenvalue weighted by molar-refractivity contribution is 7.03. The smallest absolute Gasteiger partial charge is 0.0682 e. The molecule has 3 nitrogen and oxygen atoms in total. The van der Waals surface area contributed by atoms with Gasteiger partial charge in [0.25, 0.3) is 0 Å². The molecule has 2 atom stereocenters. The van der Waals surface area contributed by atoms with Crippen LogP contribution in [0.5, 0.6) is 0 Å². The summed E-state index contributed by atoms with van der Waals surface area (Å²) in [5.74, 6) is 0. The van der Waals surface area contributed by atoms with Gasteiger partial charge in [0.15, 0.2) is 0 Å². The first-order valence-electron chi connectivity index (χ1n) is 5.73. The lowest BCUT2D eigenvalue weighted by atomic mass is 9.98. The monoisotopic (exact) mass is 223 g/mol. The normalized spacial score (nSPS) is 35.9. The number of nitrogens with zero attached hydrogens (tertiary/aromatic N) is 2. The lowest BCUT2D eigenvalue weighted by Gasteiger charge is -2.37. The maximum Gasteiger partial charge on any atom is 0.0682 e. The molecule has 4 heteroatoms. The van der Waals surface area contributed by atoms with Crippen LogP contribution in [0, 0.1) is 0 Å². The van der Waals surface area contributed by atoms with Crippen LogP contribution in [-0.2, 0) is 6.54 Å². The third-order valence-corrected chi connectivity index (χ3v) is 4.35. The standard InChI is InChI=1S/C11H17N3S/c12-8-5-10-1-2-11(6-8)14(10)7-9-3-4-15-13-9/h3-4,8,10-11H,1-2,5-7,12H2. The highest BCUT2D eigenvalue weighted by Gasteiger charge is 2.39. The number of fused-ring (bicyclic) bond motifs is 2. The number of aromatic nitrogens is 1. The lowest BCUT2D eigenvalue weighted by molar-refractivity contribution is 0.119. The van der Waals surface area contributed by atoms with Gasteiger partial charge in [-0.2, -0.15) is 4.37 Å². The summed E-state index contributed by atoms with van der Waals surface area (Å²) in [4.78, 5) is 2.62. The van der Waals surface area contributed by atoms with Gasteiger partial charge in [0, 0.05) is 30.1 Å². The summed E-state index contributed by atoms with van der Waals surface area (Å²) in [6, 6.07) is 4.02. The molecule has 0 radical (unpaired) electrons. The van der Waals surface area contributed by atoms with E-state index in [9.17, 15) is 0 Å². The average molecular weight is 223 g/mol. The van der Waals surface area contributed by atoms with Crippen molar-refractivity contribution in [1.82, 2.24) is 9.27 Å². The van der Waals surface area contributed by atoms with Crippen LogP contribution in [0.1, 0.15) is 31.4 Å². The van der Waals surface area contributed by atoms with E-state index in [1.807, 2.05) is 0 Å². The van der Waals surface area contributed by atoms with E-state index in [0.29, 0.717) is 6.04 Å². The van der Waals surface area contributed by atoms with Crippen LogP contribution in [0.3, 0.4) is 0 Å². The number of rotatable bonds is 2. The van der Waals surface area contributed by atoms with Gasteiger partial charge in [-0.25, -0.2) is 0 Å². The summed E-state index contributed by atoms with van der Waals surface area (Å²) in [6.45, 7) is 1.03. The minimum atomic E-state index is 0.439. The third-order valence-electron chi connectivity index (χ3n) is 3.76. The SMILES string of the molecule is NC1CC2CCC(C1)N2Cc1ccsn1. The van der Waals surface area contributed by atoms with Gasteiger partial charge in [0.1, 0.15) is 0 Å². The zero-order valence-corrected chi connectivity index (χ0v) is 9.62. The van der Waals surface area contributed by atoms with Crippen LogP contribution in [0.2, 0.25) is 0 Å². The van der Waals surface area contributed by atoms with Crippen molar-refractivity contribution < 1.29 is 0 Å². The summed E-state index contributed by atoms with van der Waals surface area (Å²) in [5, 5.41) is 2.06. The maximum atomic E-state index is 6.05. The van der Waals surface area contributed by atoms with Crippen molar-refractivity contribution in [3.8, 4) is 0 Å². The number of hydrogen-bond donors (Lipinski definition) is 1. The lowest BCUT2D eigenvalue weighted by Crippen LogP contribution is -2.46. The molecule has 15 heavy (non-hydrogen) atoms. The first kappa shape index (κ1) is 9.75. The molecule has 0 aliphatic carbocycles. The molecule has 2 fully saturated rings. The Bertz CT molecular complexity index is 311. The zero-order chi connectivity index (χ0) is 10.3. The predicted molar refractivity (Wildman–Crippen MR) is 61.7 cm³/mol. The van der Waals surface area contributed by atoms with Gasteiger partial charge >= 0.3 is 0 Å². The van der Waals surface area contributed by atoms with Crippen molar-refractivity contribution in [1.29, 1.82) is 0 Å². The molecule has 0 amide bonds. The van der Waals surface area contributed by atoms with E-state index in [2.05, 4.69) is 20.7 Å². The van der Waals surface area contributed by atoms with Crippen LogP contribution in [0.4, 0.5) is 0 Å². The Morgan fingerprint density at radius 1 is 1.40 bits per heavy atom. The van der Waals surface area contributed by atoms with Crippen molar-refractivity contribution in [2.24, 2.45) is 5.73 Å². The molecule has 1 aromatic rings. The molecule has 0 saturated carbocycles. The zero-order valence-electron chi connectivity index (χ0n) is 8.80. The van der Waals surface area contributed by atoms with Gasteiger partial charge in [-0.1, -0.05) is 0 Å². The number of nitrogens with two attached hydrogens (primary N) is 1. The fourth-order valence-electron chi connectivity index (χ4n) is 3.08. The third kappa shape index (κ3) is 1.82. The minimum absolute atomic E-state index is 0.439. The highest BCUT2D eigenvalue weighted by Crippen LogP contribution is 2.35. The number of hydrogen-bond acceptors (Lipinski definition) is 4. The van der Waals surface area contributed by atoms with Crippen molar-refractivity contribution >= 4 is 11.5 Å². The van der Waals surface area contributed by atoms with Crippen molar-refractivity contribution in [2.45, 2.75) is 50.4 Å². The number of piperidine rings is 1. The van der Waals surface area contributed by atoms with Crippen molar-refractivity contribution in [3.05, 3.63) is 17.1 Å². The molecule has 2 aliphatic heterocycles. The Kier molecular flexibility index (Phi) is 2.50. The van der Waals surface area contributed by atoms with Gasteiger partial charge in [-0.05, 0) is 43.3 Å². The van der Waals surface area contributed by atoms with Gasteiger partial charge in [0.05, 0.1) is 5.69 Å². The highest BCUT2D eigenvalue weighted by atomic mass is 32.1. The molecule has 2 aliphatic rings. The van der Waals surface area contributed by atoms with E-state index in [1.165, 1.54) is 31.4 Å². The van der Waals surface area contributed by atoms with Gasteiger partial charge in [-0.3, -0.25) is 4.90 Å². The second-order valence-electron chi connectivity index (χ2n) is 4.78. The van der Waals surface area contributed by atoms with Crippen LogP contribution < -0.4 is 5.73 Å². The van der Waals surface area contributed by atoms with Gasteiger partial charge < -0.3 is 5.73 Å². The van der Waals surface area contributed by atoms with Crippen LogP contribution in [-0.4, -0.2) is 27.4 Å². The fraction of sp³-hybridized carbons (Fsp3) is 0.727. The molecule has 2 N–H and O–H groups in total. The predicted octanol–water partition coefficient (Wildman–Crippen LogP) is 1.60. The summed E-state index contributed by atoms with van der Waals surface area (Å²) in [5.41, 5.74) is 7.28. The Morgan fingerprint density at radius 2 is 2.13 bits per heavy atom. The molecule has 0 spiro atoms. The van der Waals surface area contributed by atoms with E-state index < -0.39 is 0 Å². The molecule has 1 aromatic heterocycles. The second kappa shape index (κ2) is 3.85. The minimum Gasteiger partial charge on any atom is -0.328 e. The summed E-state index contributed by atoms with van der Waals surface area (Å²) in [7, 11) is 0. The quantitative estimate of drug-likeness (QED) is 0.828. The van der Waals surface area contributed by atoms with E-state index >= 15 is 0 Å². The molecule has 2 unspecified atom stereocenters. The first-order valence-corrected chi connectivity index (χ1v) is 6.57. The van der Waals surface area contributed by atoms with Crippen molar-refractivity contribution in [3.63, 3.8) is 0 Å². The largest absolute Gasteiger partial charge is 0.328 e. The summed E-state index contributed by atoms with van der Waals surface area (Å²) in [6.07, 6.45) is 5.03. The molecule has 2 bridgehead atoms. The molecule has 0 aromatic carbocycles. The summed E-state index contributed by atoms with van der Waals surface area (Å²) < 4.78 is 4.39. The second-order valence-corrected chi connectivity index (χ2v) is 5.45. The van der Waals surface area contributed by atoms with Crippen molar-refractivity contribution in [2.75, 3.05) is 0 Å². The topological polar surface area (TPSA) is 42.1 Å². The van der Waals surface area contributed by atoms with E-state index in [4.69, 9.17) is 5.73 Å². The molecule has 2 saturated heterocycles. The average Bonchev–Trinajstić information content (AvgIpc) is 2.77. The summed E-state index contributed by atoms with van der Waals surface area (Å²) >= 11 is 1.55. The van der Waals surface area contributed by atoms with E-state index in [-0.39, 0.29) is 0 Å².